The molecule has 1 aromatic heterocycles. The van der Waals surface area contributed by atoms with Crippen LogP contribution in [0.5, 0.6) is 0 Å². The summed E-state index contributed by atoms with van der Waals surface area (Å²) in [5, 5.41) is 2.76. The van der Waals surface area contributed by atoms with Gasteiger partial charge in [-0.1, -0.05) is 44.2 Å². The van der Waals surface area contributed by atoms with Gasteiger partial charge >= 0.3 is 0 Å². The Balaban J connectivity index is 1.98. The summed E-state index contributed by atoms with van der Waals surface area (Å²) in [4.78, 5) is 20.4. The molecule has 1 amide bonds. The maximum atomic E-state index is 11.8. The van der Waals surface area contributed by atoms with Gasteiger partial charge in [-0.3, -0.25) is 4.79 Å². The molecule has 0 aliphatic rings. The molecule has 1 atom stereocenters. The zero-order chi connectivity index (χ0) is 15.2. The minimum atomic E-state index is -0.144. The molecule has 5 heteroatoms. The van der Waals surface area contributed by atoms with Crippen LogP contribution in [-0.4, -0.2) is 21.9 Å². The number of carbonyl (C=O) groups excluding carboxylic acids is 1. The highest BCUT2D eigenvalue weighted by molar-refractivity contribution is 5.90. The molecule has 3 N–H and O–H groups in total. The van der Waals surface area contributed by atoms with Gasteiger partial charge in [0.1, 0.15) is 0 Å². The molecule has 0 fully saturated rings. The predicted molar refractivity (Wildman–Crippen MR) is 83.5 cm³/mol. The maximum absolute atomic E-state index is 11.8. The fraction of sp³-hybridized carbons (Fsp3) is 0.312. The van der Waals surface area contributed by atoms with Crippen LogP contribution in [0.25, 0.3) is 11.4 Å². The molecule has 0 bridgehead atoms. The zero-order valence-electron chi connectivity index (χ0n) is 12.3. The maximum Gasteiger partial charge on any atom is 0.226 e. The van der Waals surface area contributed by atoms with Gasteiger partial charge in [0, 0.05) is 18.0 Å². The Hall–Kier alpha value is -2.27. The number of anilines is 1. The van der Waals surface area contributed by atoms with Crippen LogP contribution in [0, 0.1) is 5.92 Å². The van der Waals surface area contributed by atoms with E-state index in [9.17, 15) is 4.79 Å². The SMILES string of the molecule is CC(C)C(N)CC(=O)Nc1cnc(-c2ccccc2)nc1. The molecule has 1 heterocycles. The molecule has 0 saturated carbocycles. The van der Waals surface area contributed by atoms with Crippen LogP contribution in [0.1, 0.15) is 20.3 Å². The third-order valence-electron chi connectivity index (χ3n) is 3.24. The van der Waals surface area contributed by atoms with Crippen molar-refractivity contribution >= 4 is 11.6 Å². The number of amides is 1. The number of rotatable bonds is 5. The molecule has 2 rings (SSSR count). The molecule has 0 aliphatic carbocycles. The first-order chi connectivity index (χ1) is 10.1. The van der Waals surface area contributed by atoms with E-state index in [1.807, 2.05) is 44.2 Å². The first-order valence-corrected chi connectivity index (χ1v) is 6.99. The van der Waals surface area contributed by atoms with Crippen molar-refractivity contribution in [3.63, 3.8) is 0 Å². The summed E-state index contributed by atoms with van der Waals surface area (Å²) in [5.74, 6) is 0.784. The summed E-state index contributed by atoms with van der Waals surface area (Å²) in [5.41, 5.74) is 7.40. The molecule has 0 spiro atoms. The van der Waals surface area contributed by atoms with Gasteiger partial charge in [0.15, 0.2) is 5.82 Å². The van der Waals surface area contributed by atoms with E-state index < -0.39 is 0 Å². The van der Waals surface area contributed by atoms with E-state index in [1.165, 1.54) is 0 Å². The molecule has 0 aliphatic heterocycles. The smallest absolute Gasteiger partial charge is 0.226 e. The molecule has 5 nitrogen and oxygen atoms in total. The van der Waals surface area contributed by atoms with Gasteiger partial charge < -0.3 is 11.1 Å². The van der Waals surface area contributed by atoms with Gasteiger partial charge in [0.05, 0.1) is 18.1 Å². The third-order valence-corrected chi connectivity index (χ3v) is 3.24. The van der Waals surface area contributed by atoms with Gasteiger partial charge in [-0.25, -0.2) is 9.97 Å². The van der Waals surface area contributed by atoms with E-state index in [4.69, 9.17) is 5.73 Å². The van der Waals surface area contributed by atoms with E-state index in [2.05, 4.69) is 15.3 Å². The van der Waals surface area contributed by atoms with Crippen molar-refractivity contribution in [3.8, 4) is 11.4 Å². The summed E-state index contributed by atoms with van der Waals surface area (Å²) in [7, 11) is 0. The lowest BCUT2D eigenvalue weighted by Gasteiger charge is -2.14. The zero-order valence-corrected chi connectivity index (χ0v) is 12.3. The lowest BCUT2D eigenvalue weighted by molar-refractivity contribution is -0.116. The molecular weight excluding hydrogens is 264 g/mol. The lowest BCUT2D eigenvalue weighted by Crippen LogP contribution is -2.31. The summed E-state index contributed by atoms with van der Waals surface area (Å²) >= 11 is 0. The van der Waals surface area contributed by atoms with Crippen molar-refractivity contribution in [1.82, 2.24) is 9.97 Å². The standard InChI is InChI=1S/C16H20N4O/c1-11(2)14(17)8-15(21)20-13-9-18-16(19-10-13)12-6-4-3-5-7-12/h3-7,9-11,14H,8,17H2,1-2H3,(H,20,21). The second kappa shape index (κ2) is 6.95. The Labute approximate surface area is 124 Å². The Bertz CT molecular complexity index is 581. The number of hydrogen-bond donors (Lipinski definition) is 2. The van der Waals surface area contributed by atoms with Crippen LogP contribution in [0.3, 0.4) is 0 Å². The van der Waals surface area contributed by atoms with Crippen LogP contribution >= 0.6 is 0 Å². The number of carbonyl (C=O) groups is 1. The topological polar surface area (TPSA) is 80.9 Å². The van der Waals surface area contributed by atoms with E-state index >= 15 is 0 Å². The largest absolute Gasteiger partial charge is 0.327 e. The first kappa shape index (κ1) is 15.1. The number of hydrogen-bond acceptors (Lipinski definition) is 4. The number of nitrogens with zero attached hydrogens (tertiary/aromatic N) is 2. The van der Waals surface area contributed by atoms with Crippen molar-refractivity contribution in [2.45, 2.75) is 26.3 Å². The molecule has 0 radical (unpaired) electrons. The van der Waals surface area contributed by atoms with Crippen LogP contribution in [-0.2, 0) is 4.79 Å². The lowest BCUT2D eigenvalue weighted by atomic mass is 10.0. The second-order valence-electron chi connectivity index (χ2n) is 5.32. The van der Waals surface area contributed by atoms with E-state index in [0.717, 1.165) is 5.56 Å². The highest BCUT2D eigenvalue weighted by Gasteiger charge is 2.13. The highest BCUT2D eigenvalue weighted by Crippen LogP contribution is 2.15. The summed E-state index contributed by atoms with van der Waals surface area (Å²) in [6.45, 7) is 3.99. The van der Waals surface area contributed by atoms with E-state index in [1.54, 1.807) is 12.4 Å². The normalized spacial score (nSPS) is 12.2. The Morgan fingerprint density at radius 1 is 1.19 bits per heavy atom. The quantitative estimate of drug-likeness (QED) is 0.883. The van der Waals surface area contributed by atoms with Crippen molar-refractivity contribution in [1.29, 1.82) is 0 Å². The van der Waals surface area contributed by atoms with Gasteiger partial charge in [-0.15, -0.1) is 0 Å². The van der Waals surface area contributed by atoms with Gasteiger partial charge in [0.2, 0.25) is 5.91 Å². The summed E-state index contributed by atoms with van der Waals surface area (Å²) < 4.78 is 0. The van der Waals surface area contributed by atoms with Crippen LogP contribution < -0.4 is 11.1 Å². The fourth-order valence-corrected chi connectivity index (χ4v) is 1.79. The summed E-state index contributed by atoms with van der Waals surface area (Å²) in [6, 6.07) is 9.54. The number of aromatic nitrogens is 2. The Morgan fingerprint density at radius 2 is 1.81 bits per heavy atom. The second-order valence-corrected chi connectivity index (χ2v) is 5.32. The predicted octanol–water partition coefficient (Wildman–Crippen LogP) is 2.46. The molecule has 2 aromatic rings. The van der Waals surface area contributed by atoms with Crippen molar-refractivity contribution in [3.05, 3.63) is 42.7 Å². The van der Waals surface area contributed by atoms with Crippen LogP contribution in [0.2, 0.25) is 0 Å². The Morgan fingerprint density at radius 3 is 2.38 bits per heavy atom. The molecule has 0 saturated heterocycles. The van der Waals surface area contributed by atoms with Crippen LogP contribution in [0.4, 0.5) is 5.69 Å². The molecule has 1 unspecified atom stereocenters. The van der Waals surface area contributed by atoms with Gasteiger partial charge in [0.25, 0.3) is 0 Å². The number of nitrogens with one attached hydrogen (secondary N) is 1. The Kier molecular flexibility index (Phi) is 5.00. The molecule has 21 heavy (non-hydrogen) atoms. The number of nitrogens with two attached hydrogens (primary N) is 1. The first-order valence-electron chi connectivity index (χ1n) is 6.99. The average Bonchev–Trinajstić information content (AvgIpc) is 2.48. The minimum Gasteiger partial charge on any atom is -0.327 e. The minimum absolute atomic E-state index is 0.118. The average molecular weight is 284 g/mol. The van der Waals surface area contributed by atoms with E-state index in [0.29, 0.717) is 11.5 Å². The number of benzene rings is 1. The van der Waals surface area contributed by atoms with Gasteiger partial charge in [-0.2, -0.15) is 0 Å². The monoisotopic (exact) mass is 284 g/mol. The highest BCUT2D eigenvalue weighted by atomic mass is 16.1. The van der Waals surface area contributed by atoms with Gasteiger partial charge in [-0.05, 0) is 5.92 Å². The fourth-order valence-electron chi connectivity index (χ4n) is 1.79. The van der Waals surface area contributed by atoms with Crippen molar-refractivity contribution in [2.75, 3.05) is 5.32 Å². The molecule has 1 aromatic carbocycles. The van der Waals surface area contributed by atoms with Crippen LogP contribution in [0.15, 0.2) is 42.7 Å². The van der Waals surface area contributed by atoms with Crippen molar-refractivity contribution < 1.29 is 4.79 Å². The third kappa shape index (κ3) is 4.36. The summed E-state index contributed by atoms with van der Waals surface area (Å²) in [6.07, 6.45) is 3.50. The molecular formula is C16H20N4O. The van der Waals surface area contributed by atoms with Crippen molar-refractivity contribution in [2.24, 2.45) is 11.7 Å². The molecule has 110 valence electrons. The van der Waals surface area contributed by atoms with E-state index in [-0.39, 0.29) is 24.3 Å².